The summed E-state index contributed by atoms with van der Waals surface area (Å²) in [6.45, 7) is 0. The van der Waals surface area contributed by atoms with Crippen LogP contribution >= 0.6 is 0 Å². The van der Waals surface area contributed by atoms with E-state index in [1.54, 1.807) is 0 Å². The molecule has 0 rings (SSSR count). The normalized spacial score (nSPS) is 10.4. The number of carboxylic acid groups (broad SMARTS) is 1. The monoisotopic (exact) mass is 294 g/mol. The van der Waals surface area contributed by atoms with E-state index >= 15 is 0 Å². The van der Waals surface area contributed by atoms with Gasteiger partial charge in [0.2, 0.25) is 0 Å². The lowest BCUT2D eigenvalue weighted by atomic mass is 10.0. The van der Waals surface area contributed by atoms with Crippen LogP contribution in [0.1, 0.15) is 103 Å². The molecule has 0 unspecified atom stereocenters. The van der Waals surface area contributed by atoms with Gasteiger partial charge in [0.05, 0.1) is 0 Å². The van der Waals surface area contributed by atoms with Crippen LogP contribution in [0.25, 0.3) is 0 Å². The van der Waals surface area contributed by atoms with Crippen molar-refractivity contribution in [2.45, 2.75) is 103 Å². The van der Waals surface area contributed by atoms with Crippen LogP contribution in [0.4, 0.5) is 0 Å². The Bertz CT molecular complexity index is 265. The summed E-state index contributed by atoms with van der Waals surface area (Å²) in [7, 11) is 0. The van der Waals surface area contributed by atoms with Crippen LogP contribution < -0.4 is 0 Å². The van der Waals surface area contributed by atoms with E-state index in [1.165, 1.54) is 77.0 Å². The average molecular weight is 294 g/mol. The standard InChI is InChI=1S/C19H34O2/c1-2-3-4-5-6-7-8-9-10-11-12-13-14-15-16-17-18-19(20)21/h1H,3-18H2,(H,20,21). The Balaban J connectivity index is 2.96. The van der Waals surface area contributed by atoms with Crippen LogP contribution in [0.15, 0.2) is 0 Å². The third-order valence-electron chi connectivity index (χ3n) is 3.96. The first-order valence-electron chi connectivity index (χ1n) is 8.92. The molecule has 0 aliphatic carbocycles. The third-order valence-corrected chi connectivity index (χ3v) is 3.96. The fourth-order valence-electron chi connectivity index (χ4n) is 2.62. The molecule has 122 valence electrons. The van der Waals surface area contributed by atoms with Crippen molar-refractivity contribution in [1.82, 2.24) is 0 Å². The fraction of sp³-hybridized carbons (Fsp3) is 0.842. The summed E-state index contributed by atoms with van der Waals surface area (Å²) >= 11 is 0. The molecule has 2 nitrogen and oxygen atoms in total. The highest BCUT2D eigenvalue weighted by Gasteiger charge is 1.97. The Morgan fingerprint density at radius 2 is 1.00 bits per heavy atom. The first-order chi connectivity index (χ1) is 10.3. The minimum Gasteiger partial charge on any atom is -0.481 e. The predicted octanol–water partition coefficient (Wildman–Crippen LogP) is 5.95. The van der Waals surface area contributed by atoms with Crippen LogP contribution in [0.5, 0.6) is 0 Å². The second-order valence-corrected chi connectivity index (χ2v) is 6.05. The lowest BCUT2D eigenvalue weighted by Crippen LogP contribution is -1.93. The minimum atomic E-state index is -0.661. The van der Waals surface area contributed by atoms with Crippen LogP contribution in [0.3, 0.4) is 0 Å². The van der Waals surface area contributed by atoms with Gasteiger partial charge in [-0.15, -0.1) is 12.3 Å². The first kappa shape index (κ1) is 20.0. The Labute approximate surface area is 131 Å². The van der Waals surface area contributed by atoms with Gasteiger partial charge in [0.25, 0.3) is 0 Å². The maximum Gasteiger partial charge on any atom is 0.303 e. The summed E-state index contributed by atoms with van der Waals surface area (Å²) in [5.74, 6) is 2.03. The second-order valence-electron chi connectivity index (χ2n) is 6.05. The van der Waals surface area contributed by atoms with Gasteiger partial charge in [-0.05, 0) is 12.8 Å². The van der Waals surface area contributed by atoms with Crippen molar-refractivity contribution >= 4 is 5.97 Å². The summed E-state index contributed by atoms with van der Waals surface area (Å²) in [6, 6.07) is 0. The van der Waals surface area contributed by atoms with Crippen LogP contribution in [-0.2, 0) is 4.79 Å². The van der Waals surface area contributed by atoms with Crippen molar-refractivity contribution in [2.75, 3.05) is 0 Å². The third kappa shape index (κ3) is 19.0. The maximum atomic E-state index is 10.3. The second kappa shape index (κ2) is 17.1. The SMILES string of the molecule is C#CCCCCCCCCCCCCCCCCC(=O)O. The number of carbonyl (C=O) groups is 1. The molecule has 0 heterocycles. The molecule has 0 bridgehead atoms. The summed E-state index contributed by atoms with van der Waals surface area (Å²) in [5, 5.41) is 8.52. The number of rotatable bonds is 16. The summed E-state index contributed by atoms with van der Waals surface area (Å²) in [5.41, 5.74) is 0. The number of hydrogen-bond donors (Lipinski definition) is 1. The number of carboxylic acids is 1. The van der Waals surface area contributed by atoms with Crippen LogP contribution in [0, 0.1) is 12.3 Å². The van der Waals surface area contributed by atoms with Gasteiger partial charge in [-0.2, -0.15) is 0 Å². The van der Waals surface area contributed by atoms with E-state index in [-0.39, 0.29) is 0 Å². The Kier molecular flexibility index (Phi) is 16.3. The molecule has 21 heavy (non-hydrogen) atoms. The number of hydrogen-bond acceptors (Lipinski definition) is 1. The van der Waals surface area contributed by atoms with Crippen LogP contribution in [-0.4, -0.2) is 11.1 Å². The smallest absolute Gasteiger partial charge is 0.303 e. The lowest BCUT2D eigenvalue weighted by molar-refractivity contribution is -0.137. The quantitative estimate of drug-likeness (QED) is 0.282. The summed E-state index contributed by atoms with van der Waals surface area (Å²) < 4.78 is 0. The summed E-state index contributed by atoms with van der Waals surface area (Å²) in [6.07, 6.45) is 24.3. The van der Waals surface area contributed by atoms with E-state index in [2.05, 4.69) is 5.92 Å². The molecule has 2 heteroatoms. The molecule has 0 aromatic carbocycles. The molecule has 0 atom stereocenters. The van der Waals surface area contributed by atoms with Crippen LogP contribution in [0.2, 0.25) is 0 Å². The van der Waals surface area contributed by atoms with Gasteiger partial charge >= 0.3 is 5.97 Å². The summed E-state index contributed by atoms with van der Waals surface area (Å²) in [4.78, 5) is 10.3. The molecule has 0 amide bonds. The van der Waals surface area contributed by atoms with E-state index in [1.807, 2.05) is 0 Å². The predicted molar refractivity (Wildman–Crippen MR) is 90.3 cm³/mol. The molecule has 0 aliphatic heterocycles. The molecule has 0 aromatic rings. The number of unbranched alkanes of at least 4 members (excludes halogenated alkanes) is 14. The fourth-order valence-corrected chi connectivity index (χ4v) is 2.62. The average Bonchev–Trinajstić information content (AvgIpc) is 2.46. The Morgan fingerprint density at radius 1 is 0.667 bits per heavy atom. The van der Waals surface area contributed by atoms with Crippen molar-refractivity contribution in [3.05, 3.63) is 0 Å². The maximum absolute atomic E-state index is 10.3. The number of terminal acetylenes is 1. The molecule has 0 saturated heterocycles. The van der Waals surface area contributed by atoms with Crippen molar-refractivity contribution in [1.29, 1.82) is 0 Å². The van der Waals surface area contributed by atoms with Crippen molar-refractivity contribution < 1.29 is 9.90 Å². The zero-order chi connectivity index (χ0) is 15.6. The topological polar surface area (TPSA) is 37.3 Å². The molecule has 0 saturated carbocycles. The Morgan fingerprint density at radius 3 is 1.33 bits per heavy atom. The van der Waals surface area contributed by atoms with E-state index < -0.39 is 5.97 Å². The molecule has 0 spiro atoms. The highest BCUT2D eigenvalue weighted by molar-refractivity contribution is 5.66. The number of aliphatic carboxylic acids is 1. The van der Waals surface area contributed by atoms with Gasteiger partial charge in [-0.25, -0.2) is 0 Å². The molecule has 0 aliphatic rings. The largest absolute Gasteiger partial charge is 0.481 e. The molecule has 0 fully saturated rings. The van der Waals surface area contributed by atoms with Gasteiger partial charge in [0.15, 0.2) is 0 Å². The van der Waals surface area contributed by atoms with Gasteiger partial charge in [0, 0.05) is 12.8 Å². The molecular weight excluding hydrogens is 260 g/mol. The lowest BCUT2D eigenvalue weighted by Gasteiger charge is -2.03. The molecule has 0 aromatic heterocycles. The molecular formula is C19H34O2. The highest BCUT2D eigenvalue weighted by atomic mass is 16.4. The minimum absolute atomic E-state index is 0.336. The molecule has 0 radical (unpaired) electrons. The van der Waals surface area contributed by atoms with E-state index in [0.717, 1.165) is 19.3 Å². The van der Waals surface area contributed by atoms with Crippen molar-refractivity contribution in [3.8, 4) is 12.3 Å². The first-order valence-corrected chi connectivity index (χ1v) is 8.92. The molecule has 1 N–H and O–H groups in total. The van der Waals surface area contributed by atoms with Gasteiger partial charge < -0.3 is 5.11 Å². The van der Waals surface area contributed by atoms with E-state index in [4.69, 9.17) is 11.5 Å². The van der Waals surface area contributed by atoms with Crippen molar-refractivity contribution in [3.63, 3.8) is 0 Å². The van der Waals surface area contributed by atoms with Gasteiger partial charge in [-0.3, -0.25) is 4.79 Å². The van der Waals surface area contributed by atoms with Gasteiger partial charge in [-0.1, -0.05) is 77.0 Å². The Hall–Kier alpha value is -0.970. The van der Waals surface area contributed by atoms with E-state index in [9.17, 15) is 4.79 Å². The van der Waals surface area contributed by atoms with Crippen molar-refractivity contribution in [2.24, 2.45) is 0 Å². The van der Waals surface area contributed by atoms with E-state index in [0.29, 0.717) is 6.42 Å². The zero-order valence-corrected chi connectivity index (χ0v) is 13.7. The zero-order valence-electron chi connectivity index (χ0n) is 13.7. The highest BCUT2D eigenvalue weighted by Crippen LogP contribution is 2.13. The van der Waals surface area contributed by atoms with Gasteiger partial charge in [0.1, 0.15) is 0 Å².